The molecule has 0 saturated heterocycles. The summed E-state index contributed by atoms with van der Waals surface area (Å²) in [6.45, 7) is 1.22. The van der Waals surface area contributed by atoms with Gasteiger partial charge in [0.25, 0.3) is 0 Å². The number of carbonyl (C=O) groups excluding carboxylic acids is 4. The number of rotatable bonds is 21. The molecule has 4 amide bonds. The highest BCUT2D eigenvalue weighted by atomic mass is 32.1. The highest BCUT2D eigenvalue weighted by Gasteiger charge is 2.40. The van der Waals surface area contributed by atoms with E-state index in [0.717, 1.165) is 62.7 Å². The molecule has 0 aliphatic heterocycles. The van der Waals surface area contributed by atoms with Gasteiger partial charge in [-0.1, -0.05) is 48.5 Å². The van der Waals surface area contributed by atoms with E-state index in [-0.39, 0.29) is 65.4 Å². The third kappa shape index (κ3) is 15.7. The molecule has 14 heteroatoms. The zero-order valence-electron chi connectivity index (χ0n) is 39.5. The maximum atomic E-state index is 13.2. The van der Waals surface area contributed by atoms with Crippen molar-refractivity contribution in [3.63, 3.8) is 0 Å². The van der Waals surface area contributed by atoms with Crippen molar-refractivity contribution in [2.24, 2.45) is 0 Å². The molecule has 2 aliphatic carbocycles. The van der Waals surface area contributed by atoms with Crippen molar-refractivity contribution in [3.8, 4) is 11.5 Å². The number of hydrogen-bond donors (Lipinski definition) is 4. The van der Waals surface area contributed by atoms with E-state index in [1.54, 1.807) is 24.5 Å². The van der Waals surface area contributed by atoms with E-state index in [9.17, 15) is 23.6 Å². The number of hydrogen-bond acceptors (Lipinski definition) is 9. The first-order chi connectivity index (χ1) is 31.8. The Kier molecular flexibility index (Phi) is 20.5. The summed E-state index contributed by atoms with van der Waals surface area (Å²) >= 11 is 1.81. The number of carbonyl (C=O) groups is 4. The summed E-state index contributed by atoms with van der Waals surface area (Å²) in [5.41, 5.74) is 2.27. The smallest absolute Gasteiger partial charge is 0.220 e. The van der Waals surface area contributed by atoms with Gasteiger partial charge in [0.05, 0.1) is 19.2 Å². The maximum absolute atomic E-state index is 13.2. The van der Waals surface area contributed by atoms with Crippen LogP contribution in [0, 0.1) is 5.82 Å². The van der Waals surface area contributed by atoms with Gasteiger partial charge in [-0.15, -0.1) is 11.3 Å². The zero-order chi connectivity index (χ0) is 47.4. The molecule has 6 rings (SSSR count). The molecule has 2 aliphatic rings. The lowest BCUT2D eigenvalue weighted by atomic mass is 9.74. The van der Waals surface area contributed by atoms with E-state index < -0.39 is 0 Å². The third-order valence-electron chi connectivity index (χ3n) is 13.1. The number of amides is 4. The average Bonchev–Trinajstić information content (AvgIpc) is 3.87. The summed E-state index contributed by atoms with van der Waals surface area (Å²) in [6.07, 6.45) is 9.97. The van der Waals surface area contributed by atoms with Crippen LogP contribution in [-0.2, 0) is 36.7 Å². The number of thiophene rings is 1. The monoisotopic (exact) mass is 927 g/mol. The van der Waals surface area contributed by atoms with E-state index >= 15 is 0 Å². The van der Waals surface area contributed by atoms with Crippen LogP contribution in [0.4, 0.5) is 4.39 Å². The van der Waals surface area contributed by atoms with Gasteiger partial charge in [0, 0.05) is 54.7 Å². The van der Waals surface area contributed by atoms with Gasteiger partial charge in [-0.05, 0) is 151 Å². The van der Waals surface area contributed by atoms with E-state index in [2.05, 4.69) is 101 Å². The second kappa shape index (κ2) is 26.1. The molecular weight excluding hydrogens is 856 g/mol. The van der Waals surface area contributed by atoms with Crippen LogP contribution in [0.25, 0.3) is 0 Å². The van der Waals surface area contributed by atoms with Crippen LogP contribution < -0.4 is 30.7 Å². The first-order valence-corrected chi connectivity index (χ1v) is 24.3. The van der Waals surface area contributed by atoms with Crippen LogP contribution in [-0.4, -0.2) is 101 Å². The molecule has 358 valence electrons. The van der Waals surface area contributed by atoms with E-state index in [1.807, 2.05) is 36.4 Å². The third-order valence-corrected chi connectivity index (χ3v) is 14.2. The van der Waals surface area contributed by atoms with E-state index in [0.29, 0.717) is 51.1 Å². The molecule has 0 atom stereocenters. The number of nitrogens with one attached hydrogen (secondary N) is 4. The predicted octanol–water partition coefficient (Wildman–Crippen LogP) is 7.72. The quantitative estimate of drug-likeness (QED) is 0.0624. The van der Waals surface area contributed by atoms with Crippen LogP contribution in [0.2, 0.25) is 0 Å². The topological polar surface area (TPSA) is 141 Å². The van der Waals surface area contributed by atoms with Crippen molar-refractivity contribution in [2.75, 3.05) is 55.0 Å². The molecule has 1 heterocycles. The minimum Gasteiger partial charge on any atom is -0.497 e. The highest BCUT2D eigenvalue weighted by molar-refractivity contribution is 7.10. The minimum absolute atomic E-state index is 0.0102. The van der Waals surface area contributed by atoms with Crippen LogP contribution >= 0.6 is 11.3 Å². The van der Waals surface area contributed by atoms with Crippen molar-refractivity contribution < 1.29 is 33.0 Å². The molecule has 3 aromatic carbocycles. The maximum Gasteiger partial charge on any atom is 0.220 e. The number of methoxy groups -OCH3 is 1. The lowest BCUT2D eigenvalue weighted by molar-refractivity contribution is -0.127. The lowest BCUT2D eigenvalue weighted by Crippen LogP contribution is -2.48. The Morgan fingerprint density at radius 3 is 1.80 bits per heavy atom. The van der Waals surface area contributed by atoms with Gasteiger partial charge in [-0.25, -0.2) is 4.39 Å². The highest BCUT2D eigenvalue weighted by Crippen LogP contribution is 2.43. The summed E-state index contributed by atoms with van der Waals surface area (Å²) in [6, 6.07) is 29.0. The Bertz CT molecular complexity index is 2090. The minimum atomic E-state index is -0.267. The molecule has 0 radical (unpaired) electrons. The van der Waals surface area contributed by atoms with Gasteiger partial charge >= 0.3 is 0 Å². The summed E-state index contributed by atoms with van der Waals surface area (Å²) in [5.74, 6) is 0.957. The molecule has 2 saturated carbocycles. The standard InChI is InChI=1S/C27H37N3O4.C25H34FN3O2S/c1-30(2)27(21-7-5-4-6-8-21)17-15-22(16-18-27)29-26(32)14-13-25(31)28-19-20-34-24-11-9-23(33-3)10-12-24;1-29(2)25(22-8-5-17-32-22)14-11-21(12-15-25)28-24(31)10-4-9-23(30)27-16-13-19-6-3-7-20(26)18-19/h4-12,22H,13-20H2,1-3H3,(H,28,31)(H,29,32);3,5-8,17-18,21H,4,9-16H2,1-2H3,(H,27,30)(H,28,31). The second-order valence-electron chi connectivity index (χ2n) is 17.8. The van der Waals surface area contributed by atoms with Crippen LogP contribution in [0.3, 0.4) is 0 Å². The van der Waals surface area contributed by atoms with Crippen LogP contribution in [0.15, 0.2) is 96.4 Å². The number of ether oxygens (including phenoxy) is 2. The molecule has 1 aromatic heterocycles. The number of halogens is 1. The molecule has 0 bridgehead atoms. The normalized spacial score (nSPS) is 20.4. The fourth-order valence-electron chi connectivity index (χ4n) is 9.16. The van der Waals surface area contributed by atoms with E-state index in [1.165, 1.54) is 22.6 Å². The molecular formula is C52H71FN6O6S. The van der Waals surface area contributed by atoms with Crippen LogP contribution in [0.5, 0.6) is 11.5 Å². The van der Waals surface area contributed by atoms with Crippen molar-refractivity contribution >= 4 is 35.0 Å². The lowest BCUT2D eigenvalue weighted by Gasteiger charge is -2.45. The molecule has 2 fully saturated rings. The zero-order valence-corrected chi connectivity index (χ0v) is 40.4. The van der Waals surface area contributed by atoms with Gasteiger partial charge in [-0.2, -0.15) is 0 Å². The average molecular weight is 927 g/mol. The molecule has 12 nitrogen and oxygen atoms in total. The Morgan fingerprint density at radius 2 is 1.21 bits per heavy atom. The first-order valence-electron chi connectivity index (χ1n) is 23.4. The summed E-state index contributed by atoms with van der Waals surface area (Å²) in [4.78, 5) is 54.9. The molecule has 4 N–H and O–H groups in total. The van der Waals surface area contributed by atoms with Gasteiger partial charge in [0.1, 0.15) is 23.9 Å². The molecule has 0 spiro atoms. The van der Waals surface area contributed by atoms with Crippen molar-refractivity contribution in [1.29, 1.82) is 0 Å². The number of benzene rings is 3. The van der Waals surface area contributed by atoms with Gasteiger partial charge in [0.15, 0.2) is 0 Å². The van der Waals surface area contributed by atoms with Crippen molar-refractivity contribution in [3.05, 3.63) is 118 Å². The summed E-state index contributed by atoms with van der Waals surface area (Å²) in [5, 5.41) is 14.1. The summed E-state index contributed by atoms with van der Waals surface area (Å²) < 4.78 is 23.9. The Hall–Kier alpha value is -5.31. The number of nitrogens with zero attached hydrogens (tertiary/aromatic N) is 2. The van der Waals surface area contributed by atoms with Crippen molar-refractivity contribution in [1.82, 2.24) is 31.1 Å². The Balaban J connectivity index is 0.000000248. The SMILES string of the molecule is CN(C)C1(c2cccs2)CCC(NC(=O)CCCC(=O)NCCc2cccc(F)c2)CC1.COc1ccc(OCCNC(=O)CCC(=O)NC2CCC(c3ccccc3)(N(C)C)CC2)cc1. The fourth-order valence-corrected chi connectivity index (χ4v) is 10.2. The van der Waals surface area contributed by atoms with Crippen LogP contribution in [0.1, 0.15) is 99.5 Å². The second-order valence-corrected chi connectivity index (χ2v) is 18.8. The van der Waals surface area contributed by atoms with E-state index in [4.69, 9.17) is 9.47 Å². The molecule has 66 heavy (non-hydrogen) atoms. The predicted molar refractivity (Wildman–Crippen MR) is 260 cm³/mol. The molecule has 4 aromatic rings. The van der Waals surface area contributed by atoms with Gasteiger partial charge < -0.3 is 30.7 Å². The first kappa shape index (κ1) is 51.7. The van der Waals surface area contributed by atoms with Crippen molar-refractivity contribution in [2.45, 2.75) is 113 Å². The Labute approximate surface area is 395 Å². The van der Waals surface area contributed by atoms with Gasteiger partial charge in [-0.3, -0.25) is 29.0 Å². The largest absolute Gasteiger partial charge is 0.497 e. The Morgan fingerprint density at radius 1 is 0.652 bits per heavy atom. The summed E-state index contributed by atoms with van der Waals surface area (Å²) in [7, 11) is 10.2. The fraction of sp³-hybridized carbons (Fsp3) is 0.500. The molecule has 0 unspecified atom stereocenters. The van der Waals surface area contributed by atoms with Gasteiger partial charge in [0.2, 0.25) is 23.6 Å².